The highest BCUT2D eigenvalue weighted by atomic mass is 35.5. The van der Waals surface area contributed by atoms with E-state index in [9.17, 15) is 4.79 Å². The van der Waals surface area contributed by atoms with Gasteiger partial charge in [-0.05, 0) is 45.0 Å². The van der Waals surface area contributed by atoms with Crippen LogP contribution in [0, 0.1) is 0 Å². The minimum absolute atomic E-state index is 0.0792. The number of rotatable bonds is 4. The van der Waals surface area contributed by atoms with Crippen molar-refractivity contribution in [3.63, 3.8) is 0 Å². The first kappa shape index (κ1) is 13.8. The van der Waals surface area contributed by atoms with E-state index < -0.39 is 0 Å². The molecule has 1 aromatic rings. The molecule has 0 unspecified atom stereocenters. The van der Waals surface area contributed by atoms with Crippen molar-refractivity contribution in [2.24, 2.45) is 0 Å². The van der Waals surface area contributed by atoms with Crippen molar-refractivity contribution < 1.29 is 9.53 Å². The van der Waals surface area contributed by atoms with Crippen LogP contribution in [-0.2, 0) is 4.79 Å². The zero-order chi connectivity index (χ0) is 12.9. The number of carbonyl (C=O) groups is 1. The molecule has 0 heterocycles. The lowest BCUT2D eigenvalue weighted by molar-refractivity contribution is -0.115. The largest absolute Gasteiger partial charge is 0.488 e. The highest BCUT2D eigenvalue weighted by Gasteiger charge is 2.11. The monoisotopic (exact) mass is 255 g/mol. The van der Waals surface area contributed by atoms with Crippen LogP contribution in [0.2, 0.25) is 0 Å². The molecule has 0 saturated carbocycles. The molecule has 0 fully saturated rings. The van der Waals surface area contributed by atoms with Crippen molar-refractivity contribution in [1.29, 1.82) is 0 Å². The molecule has 4 heteroatoms. The van der Waals surface area contributed by atoms with Gasteiger partial charge < -0.3 is 10.1 Å². The van der Waals surface area contributed by atoms with Crippen molar-refractivity contribution in [2.75, 3.05) is 11.2 Å². The summed E-state index contributed by atoms with van der Waals surface area (Å²) in [6, 6.07) is 7.30. The number of ether oxygens (including phenoxy) is 1. The predicted octanol–water partition coefficient (Wildman–Crippen LogP) is 3.43. The maximum atomic E-state index is 11.3. The molecule has 0 aliphatic rings. The summed E-state index contributed by atoms with van der Waals surface area (Å²) in [5.74, 6) is 1.04. The van der Waals surface area contributed by atoms with E-state index >= 15 is 0 Å². The number of hydrogen-bond acceptors (Lipinski definition) is 2. The maximum Gasteiger partial charge on any atom is 0.225 e. The molecule has 0 aliphatic carbocycles. The maximum absolute atomic E-state index is 11.3. The van der Waals surface area contributed by atoms with Gasteiger partial charge in [0.25, 0.3) is 0 Å². The second-order valence-electron chi connectivity index (χ2n) is 4.73. The normalized spacial score (nSPS) is 11.1. The Morgan fingerprint density at radius 1 is 1.29 bits per heavy atom. The van der Waals surface area contributed by atoms with Crippen LogP contribution in [-0.4, -0.2) is 17.4 Å². The number of halogens is 1. The van der Waals surface area contributed by atoms with E-state index in [-0.39, 0.29) is 11.5 Å². The molecule has 0 spiro atoms. The molecule has 3 nitrogen and oxygen atoms in total. The fourth-order valence-corrected chi connectivity index (χ4v) is 1.44. The first-order valence-electron chi connectivity index (χ1n) is 5.55. The zero-order valence-electron chi connectivity index (χ0n) is 10.4. The first-order chi connectivity index (χ1) is 7.90. The lowest BCUT2D eigenvalue weighted by Gasteiger charge is -2.21. The Morgan fingerprint density at radius 2 is 1.88 bits per heavy atom. The molecule has 0 bridgehead atoms. The number of nitrogens with one attached hydrogen (secondary N) is 1. The molecule has 0 atom stereocenters. The lowest BCUT2D eigenvalue weighted by Crippen LogP contribution is -2.22. The molecule has 0 aromatic heterocycles. The molecule has 1 aromatic carbocycles. The van der Waals surface area contributed by atoms with Crippen molar-refractivity contribution in [2.45, 2.75) is 32.8 Å². The van der Waals surface area contributed by atoms with Crippen LogP contribution in [0.4, 0.5) is 5.69 Å². The van der Waals surface area contributed by atoms with Crippen LogP contribution in [0.25, 0.3) is 0 Å². The van der Waals surface area contributed by atoms with Crippen molar-refractivity contribution in [3.05, 3.63) is 24.3 Å². The van der Waals surface area contributed by atoms with Gasteiger partial charge in [0.1, 0.15) is 11.4 Å². The van der Waals surface area contributed by atoms with Crippen molar-refractivity contribution >= 4 is 23.2 Å². The van der Waals surface area contributed by atoms with E-state index in [2.05, 4.69) is 5.32 Å². The summed E-state index contributed by atoms with van der Waals surface area (Å²) in [6.45, 7) is 5.97. The van der Waals surface area contributed by atoms with Crippen LogP contribution >= 0.6 is 11.6 Å². The Hall–Kier alpha value is -1.22. The van der Waals surface area contributed by atoms with Crippen LogP contribution in [0.3, 0.4) is 0 Å². The first-order valence-corrected chi connectivity index (χ1v) is 6.09. The molecule has 1 amide bonds. The van der Waals surface area contributed by atoms with E-state index in [1.54, 1.807) is 0 Å². The molecular weight excluding hydrogens is 238 g/mol. The van der Waals surface area contributed by atoms with Gasteiger partial charge in [0.2, 0.25) is 5.91 Å². The summed E-state index contributed by atoms with van der Waals surface area (Å²) < 4.78 is 5.68. The van der Waals surface area contributed by atoms with E-state index in [0.717, 1.165) is 11.4 Å². The van der Waals surface area contributed by atoms with Gasteiger partial charge in [0.05, 0.1) is 0 Å². The third-order valence-electron chi connectivity index (χ3n) is 1.88. The van der Waals surface area contributed by atoms with Crippen molar-refractivity contribution in [3.8, 4) is 5.75 Å². The Labute approximate surface area is 107 Å². The fraction of sp³-hybridized carbons (Fsp3) is 0.462. The van der Waals surface area contributed by atoms with Gasteiger partial charge in [-0.15, -0.1) is 11.6 Å². The molecular formula is C13H18ClNO2. The van der Waals surface area contributed by atoms with Gasteiger partial charge >= 0.3 is 0 Å². The van der Waals surface area contributed by atoms with Gasteiger partial charge in [-0.1, -0.05) is 0 Å². The Morgan fingerprint density at radius 3 is 2.35 bits per heavy atom. The van der Waals surface area contributed by atoms with Crippen LogP contribution < -0.4 is 10.1 Å². The van der Waals surface area contributed by atoms with Crippen LogP contribution in [0.15, 0.2) is 24.3 Å². The SMILES string of the molecule is CC(C)(C)Oc1ccc(NC(=O)CCCl)cc1. The van der Waals surface area contributed by atoms with Gasteiger partial charge in [-0.3, -0.25) is 4.79 Å². The van der Waals surface area contributed by atoms with Gasteiger partial charge in [-0.2, -0.15) is 0 Å². The summed E-state index contributed by atoms with van der Waals surface area (Å²) in [7, 11) is 0. The smallest absolute Gasteiger partial charge is 0.225 e. The van der Waals surface area contributed by atoms with E-state index in [0.29, 0.717) is 12.3 Å². The molecule has 94 valence electrons. The lowest BCUT2D eigenvalue weighted by atomic mass is 10.2. The second-order valence-corrected chi connectivity index (χ2v) is 5.10. The summed E-state index contributed by atoms with van der Waals surface area (Å²) >= 11 is 5.48. The Balaban J connectivity index is 2.59. The average molecular weight is 256 g/mol. The highest BCUT2D eigenvalue weighted by Crippen LogP contribution is 2.20. The predicted molar refractivity (Wildman–Crippen MR) is 70.8 cm³/mol. The fourth-order valence-electron chi connectivity index (χ4n) is 1.27. The zero-order valence-corrected chi connectivity index (χ0v) is 11.2. The second kappa shape index (κ2) is 5.92. The molecule has 17 heavy (non-hydrogen) atoms. The van der Waals surface area contributed by atoms with E-state index in [4.69, 9.17) is 16.3 Å². The Bertz CT molecular complexity index is 368. The van der Waals surface area contributed by atoms with Crippen LogP contribution in [0.1, 0.15) is 27.2 Å². The molecule has 1 N–H and O–H groups in total. The van der Waals surface area contributed by atoms with E-state index in [1.807, 2.05) is 45.0 Å². The van der Waals surface area contributed by atoms with Crippen molar-refractivity contribution in [1.82, 2.24) is 0 Å². The summed E-state index contributed by atoms with van der Waals surface area (Å²) in [4.78, 5) is 11.3. The summed E-state index contributed by atoms with van der Waals surface area (Å²) in [5.41, 5.74) is 0.532. The summed E-state index contributed by atoms with van der Waals surface area (Å²) in [5, 5.41) is 2.75. The number of anilines is 1. The third-order valence-corrected chi connectivity index (χ3v) is 2.07. The Kier molecular flexibility index (Phi) is 4.82. The third kappa shape index (κ3) is 5.59. The quantitative estimate of drug-likeness (QED) is 0.837. The van der Waals surface area contributed by atoms with Gasteiger partial charge in [0.15, 0.2) is 0 Å². The number of alkyl halides is 1. The standard InChI is InChI=1S/C13H18ClNO2/c1-13(2,3)17-11-6-4-10(5-7-11)15-12(16)8-9-14/h4-7H,8-9H2,1-3H3,(H,15,16). The summed E-state index contributed by atoms with van der Waals surface area (Å²) in [6.07, 6.45) is 0.321. The average Bonchev–Trinajstić information content (AvgIpc) is 2.19. The number of benzene rings is 1. The highest BCUT2D eigenvalue weighted by molar-refractivity contribution is 6.19. The van der Waals surface area contributed by atoms with Gasteiger partial charge in [-0.25, -0.2) is 0 Å². The van der Waals surface area contributed by atoms with E-state index in [1.165, 1.54) is 0 Å². The minimum Gasteiger partial charge on any atom is -0.488 e. The molecule has 0 radical (unpaired) electrons. The molecule has 0 aliphatic heterocycles. The number of amides is 1. The molecule has 0 saturated heterocycles. The van der Waals surface area contributed by atoms with Gasteiger partial charge in [0, 0.05) is 18.0 Å². The van der Waals surface area contributed by atoms with Crippen LogP contribution in [0.5, 0.6) is 5.75 Å². The number of hydrogen-bond donors (Lipinski definition) is 1. The molecule has 1 rings (SSSR count). The minimum atomic E-state index is -0.219. The number of carbonyl (C=O) groups excluding carboxylic acids is 1. The topological polar surface area (TPSA) is 38.3 Å².